The second-order valence-electron chi connectivity index (χ2n) is 5.22. The van der Waals surface area contributed by atoms with E-state index in [1.807, 2.05) is 0 Å². The summed E-state index contributed by atoms with van der Waals surface area (Å²) in [4.78, 5) is 55.2. The lowest BCUT2D eigenvalue weighted by Crippen LogP contribution is -2.22. The van der Waals surface area contributed by atoms with Crippen LogP contribution in [0.25, 0.3) is 0 Å². The van der Waals surface area contributed by atoms with Gasteiger partial charge in [0.25, 0.3) is 5.91 Å². The Balaban J connectivity index is 2.51. The summed E-state index contributed by atoms with van der Waals surface area (Å²) in [5.74, 6) is -5.35. The quantitative estimate of drug-likeness (QED) is 0.389. The molecule has 4 N–H and O–H groups in total. The van der Waals surface area contributed by atoms with E-state index >= 15 is 0 Å². The highest BCUT2D eigenvalue weighted by atomic mass is 32.3. The molecule has 2 rings (SSSR count). The molecular formula is C16H14N6O8S. The summed E-state index contributed by atoms with van der Waals surface area (Å²) >= 11 is 0. The van der Waals surface area contributed by atoms with E-state index in [1.165, 1.54) is 0 Å². The molecule has 1 aromatic heterocycles. The molecule has 4 amide bonds. The van der Waals surface area contributed by atoms with Crippen molar-refractivity contribution in [3.05, 3.63) is 50.0 Å². The van der Waals surface area contributed by atoms with Gasteiger partial charge in [0.2, 0.25) is 29.4 Å². The molecular weight excluding hydrogens is 436 g/mol. The molecule has 0 aromatic carbocycles. The van der Waals surface area contributed by atoms with E-state index in [1.54, 1.807) is 0 Å². The smallest absolute Gasteiger partial charge is 0.357 e. The van der Waals surface area contributed by atoms with Gasteiger partial charge in [-0.3, -0.25) is 24.5 Å². The van der Waals surface area contributed by atoms with Crippen molar-refractivity contribution >= 4 is 57.3 Å². The standard InChI is InChI=1S/C16H14N6O8S/c1-4-9(23)17-12-13(18-10(24)5-2)20-16(21-14(12)19-11(25)6-3)22-15(26)8-7-29-31(27,28)30-8/h4-7H,1-3H2,(H,17,23)(H3,18,19,20,21,22,24,25,26). The number of carbonyl (C=O) groups is 4. The van der Waals surface area contributed by atoms with Gasteiger partial charge in [-0.1, -0.05) is 19.7 Å². The minimum Gasteiger partial charge on any atom is -0.357 e. The zero-order valence-electron chi connectivity index (χ0n) is 15.5. The zero-order chi connectivity index (χ0) is 23.2. The number of nitrogens with one attached hydrogen (secondary N) is 4. The van der Waals surface area contributed by atoms with Gasteiger partial charge in [0.15, 0.2) is 17.9 Å². The molecule has 15 heteroatoms. The first kappa shape index (κ1) is 22.8. The van der Waals surface area contributed by atoms with Crippen molar-refractivity contribution in [2.24, 2.45) is 0 Å². The molecule has 162 valence electrons. The third-order valence-electron chi connectivity index (χ3n) is 3.11. The Hall–Kier alpha value is -4.53. The van der Waals surface area contributed by atoms with Crippen molar-refractivity contribution in [2.75, 3.05) is 21.3 Å². The van der Waals surface area contributed by atoms with Crippen LogP contribution in [0, 0.1) is 0 Å². The van der Waals surface area contributed by atoms with Crippen molar-refractivity contribution in [3.63, 3.8) is 0 Å². The molecule has 0 unspecified atom stereocenters. The highest BCUT2D eigenvalue weighted by Crippen LogP contribution is 2.30. The Morgan fingerprint density at radius 3 is 1.74 bits per heavy atom. The fourth-order valence-corrected chi connectivity index (χ4v) is 2.41. The summed E-state index contributed by atoms with van der Waals surface area (Å²) in [6.45, 7) is 9.84. The van der Waals surface area contributed by atoms with Crippen LogP contribution in [0.15, 0.2) is 50.0 Å². The summed E-state index contributed by atoms with van der Waals surface area (Å²) in [5, 5.41) is 8.93. The second-order valence-corrected chi connectivity index (χ2v) is 6.40. The van der Waals surface area contributed by atoms with Gasteiger partial charge >= 0.3 is 10.4 Å². The van der Waals surface area contributed by atoms with Crippen molar-refractivity contribution in [1.29, 1.82) is 0 Å². The average molecular weight is 450 g/mol. The van der Waals surface area contributed by atoms with Gasteiger partial charge in [-0.05, 0) is 18.2 Å². The van der Waals surface area contributed by atoms with Crippen LogP contribution in [0.3, 0.4) is 0 Å². The molecule has 0 atom stereocenters. The molecule has 0 fully saturated rings. The van der Waals surface area contributed by atoms with Gasteiger partial charge in [-0.25, -0.2) is 0 Å². The molecule has 0 bridgehead atoms. The van der Waals surface area contributed by atoms with Crippen molar-refractivity contribution in [3.8, 4) is 0 Å². The van der Waals surface area contributed by atoms with Gasteiger partial charge in [-0.2, -0.15) is 9.97 Å². The minimum absolute atomic E-state index is 0.254. The molecule has 0 spiro atoms. The molecule has 1 aliphatic heterocycles. The predicted molar refractivity (Wildman–Crippen MR) is 106 cm³/mol. The van der Waals surface area contributed by atoms with E-state index in [-0.39, 0.29) is 17.3 Å². The predicted octanol–water partition coefficient (Wildman–Crippen LogP) is -0.0784. The van der Waals surface area contributed by atoms with Gasteiger partial charge in [0.05, 0.1) is 0 Å². The fourth-order valence-electron chi connectivity index (χ4n) is 1.83. The van der Waals surface area contributed by atoms with Crippen molar-refractivity contribution in [2.45, 2.75) is 0 Å². The molecule has 31 heavy (non-hydrogen) atoms. The summed E-state index contributed by atoms with van der Waals surface area (Å²) in [6, 6.07) is 0. The Labute approximate surface area is 175 Å². The van der Waals surface area contributed by atoms with Crippen LogP contribution in [0.1, 0.15) is 0 Å². The number of amides is 4. The van der Waals surface area contributed by atoms with E-state index in [0.29, 0.717) is 6.26 Å². The summed E-state index contributed by atoms with van der Waals surface area (Å²) in [7, 11) is -4.40. The zero-order valence-corrected chi connectivity index (χ0v) is 16.3. The van der Waals surface area contributed by atoms with E-state index in [0.717, 1.165) is 18.2 Å². The molecule has 1 aromatic rings. The van der Waals surface area contributed by atoms with Gasteiger partial charge in [0, 0.05) is 0 Å². The Bertz CT molecular complexity index is 1100. The number of rotatable bonds is 8. The molecule has 0 saturated carbocycles. The second kappa shape index (κ2) is 9.31. The third kappa shape index (κ3) is 5.97. The number of nitrogens with zero attached hydrogens (tertiary/aromatic N) is 2. The highest BCUT2D eigenvalue weighted by molar-refractivity contribution is 7.82. The fraction of sp³-hybridized carbons (Fsp3) is 0. The lowest BCUT2D eigenvalue weighted by molar-refractivity contribution is -0.115. The summed E-state index contributed by atoms with van der Waals surface area (Å²) in [6.07, 6.45) is 3.21. The third-order valence-corrected chi connectivity index (χ3v) is 3.83. The number of aromatic nitrogens is 2. The number of hydrogen-bond donors (Lipinski definition) is 4. The van der Waals surface area contributed by atoms with Crippen molar-refractivity contribution in [1.82, 2.24) is 9.97 Å². The molecule has 2 heterocycles. The van der Waals surface area contributed by atoms with Gasteiger partial charge < -0.3 is 24.3 Å². The monoisotopic (exact) mass is 450 g/mol. The summed E-state index contributed by atoms with van der Waals surface area (Å²) < 4.78 is 30.7. The van der Waals surface area contributed by atoms with E-state index in [4.69, 9.17) is 0 Å². The van der Waals surface area contributed by atoms with Crippen LogP contribution < -0.4 is 21.3 Å². The highest BCUT2D eigenvalue weighted by Gasteiger charge is 2.29. The van der Waals surface area contributed by atoms with Crippen LogP contribution in [0.5, 0.6) is 0 Å². The Kier molecular flexibility index (Phi) is 6.84. The first-order valence-corrected chi connectivity index (χ1v) is 9.28. The first-order valence-electron chi connectivity index (χ1n) is 7.95. The van der Waals surface area contributed by atoms with E-state index in [2.05, 4.69) is 59.3 Å². The van der Waals surface area contributed by atoms with Crippen LogP contribution in [0.4, 0.5) is 23.3 Å². The maximum atomic E-state index is 12.2. The lowest BCUT2D eigenvalue weighted by Gasteiger charge is -2.16. The summed E-state index contributed by atoms with van der Waals surface area (Å²) in [5.41, 5.74) is -0.254. The number of carbonyl (C=O) groups excluding carboxylic acids is 4. The Morgan fingerprint density at radius 2 is 1.32 bits per heavy atom. The largest absolute Gasteiger partial charge is 0.500 e. The van der Waals surface area contributed by atoms with Gasteiger partial charge in [0.1, 0.15) is 5.69 Å². The molecule has 1 aliphatic rings. The molecule has 0 aliphatic carbocycles. The lowest BCUT2D eigenvalue weighted by atomic mass is 10.3. The minimum atomic E-state index is -4.40. The molecule has 0 saturated heterocycles. The van der Waals surface area contributed by atoms with Crippen molar-refractivity contribution < 1.29 is 36.0 Å². The average Bonchev–Trinajstić information content (AvgIpc) is 3.09. The normalized spacial score (nSPS) is 13.4. The SMILES string of the molecule is C=CC(=O)Nc1nc(NC(=O)C2=COS(=O)(=O)O2)nc(NC(=O)C=C)c1NC(=O)C=C. The van der Waals surface area contributed by atoms with Gasteiger partial charge in [-0.15, -0.1) is 8.42 Å². The Morgan fingerprint density at radius 1 is 0.839 bits per heavy atom. The first-order chi connectivity index (χ1) is 14.6. The van der Waals surface area contributed by atoms with Crippen LogP contribution >= 0.6 is 0 Å². The number of hydrogen-bond acceptors (Lipinski definition) is 10. The number of anilines is 4. The van der Waals surface area contributed by atoms with Crippen LogP contribution in [-0.2, 0) is 37.9 Å². The van der Waals surface area contributed by atoms with E-state index in [9.17, 15) is 27.6 Å². The maximum Gasteiger partial charge on any atom is 0.500 e. The topological polar surface area (TPSA) is 195 Å². The molecule has 14 nitrogen and oxygen atoms in total. The maximum absolute atomic E-state index is 12.2. The van der Waals surface area contributed by atoms with Crippen LogP contribution in [-0.4, -0.2) is 42.0 Å². The molecule has 0 radical (unpaired) electrons. The van der Waals surface area contributed by atoms with E-state index < -0.39 is 45.7 Å². The van der Waals surface area contributed by atoms with Crippen LogP contribution in [0.2, 0.25) is 0 Å².